The van der Waals surface area contributed by atoms with Gasteiger partial charge in [0.15, 0.2) is 0 Å². The standard InChI is InChI=1S/C14H24N2O/c1-4-16(5-2)14(11-15)12-7-9-13(10-8-12)17-6-3/h7-10,14H,4-6,11,15H2,1-3H3/t14-/m0/s1. The molecule has 3 heteroatoms. The maximum Gasteiger partial charge on any atom is 0.119 e. The fraction of sp³-hybridized carbons (Fsp3) is 0.571. The Morgan fingerprint density at radius 1 is 1.12 bits per heavy atom. The summed E-state index contributed by atoms with van der Waals surface area (Å²) < 4.78 is 5.44. The second kappa shape index (κ2) is 7.30. The Hall–Kier alpha value is -1.06. The Kier molecular flexibility index (Phi) is 6.01. The van der Waals surface area contributed by atoms with Crippen LogP contribution in [0.5, 0.6) is 5.75 Å². The van der Waals surface area contributed by atoms with Gasteiger partial charge in [-0.3, -0.25) is 4.90 Å². The molecule has 0 amide bonds. The Bertz CT molecular complexity index is 307. The molecule has 96 valence electrons. The minimum atomic E-state index is 0.306. The van der Waals surface area contributed by atoms with Crippen LogP contribution in [0, 0.1) is 0 Å². The quantitative estimate of drug-likeness (QED) is 0.790. The molecule has 1 aromatic carbocycles. The van der Waals surface area contributed by atoms with Crippen molar-refractivity contribution in [3.63, 3.8) is 0 Å². The highest BCUT2D eigenvalue weighted by Crippen LogP contribution is 2.22. The molecule has 3 nitrogen and oxygen atoms in total. The summed E-state index contributed by atoms with van der Waals surface area (Å²) in [5.41, 5.74) is 7.14. The van der Waals surface area contributed by atoms with Crippen molar-refractivity contribution in [2.24, 2.45) is 5.73 Å². The molecule has 1 rings (SSSR count). The normalized spacial score (nSPS) is 12.8. The highest BCUT2D eigenvalue weighted by molar-refractivity contribution is 5.29. The van der Waals surface area contributed by atoms with Crippen LogP contribution in [-0.2, 0) is 0 Å². The van der Waals surface area contributed by atoms with E-state index < -0.39 is 0 Å². The lowest BCUT2D eigenvalue weighted by Crippen LogP contribution is -2.33. The SMILES string of the molecule is CCOc1ccc([C@H](CN)N(CC)CC)cc1. The maximum absolute atomic E-state index is 5.88. The van der Waals surface area contributed by atoms with Crippen molar-refractivity contribution in [3.05, 3.63) is 29.8 Å². The summed E-state index contributed by atoms with van der Waals surface area (Å²) in [5.74, 6) is 0.923. The molecular formula is C14H24N2O. The Morgan fingerprint density at radius 2 is 1.71 bits per heavy atom. The molecule has 0 bridgehead atoms. The van der Waals surface area contributed by atoms with E-state index >= 15 is 0 Å². The number of likely N-dealkylation sites (N-methyl/N-ethyl adjacent to an activating group) is 1. The van der Waals surface area contributed by atoms with Crippen molar-refractivity contribution in [2.75, 3.05) is 26.2 Å². The van der Waals surface area contributed by atoms with E-state index in [1.165, 1.54) is 5.56 Å². The zero-order chi connectivity index (χ0) is 12.7. The lowest BCUT2D eigenvalue weighted by molar-refractivity contribution is 0.224. The molecule has 0 aliphatic rings. The van der Waals surface area contributed by atoms with Crippen LogP contribution in [0.4, 0.5) is 0 Å². The number of hydrogen-bond acceptors (Lipinski definition) is 3. The van der Waals surface area contributed by atoms with E-state index in [4.69, 9.17) is 10.5 Å². The summed E-state index contributed by atoms with van der Waals surface area (Å²) in [4.78, 5) is 2.37. The number of hydrogen-bond donors (Lipinski definition) is 1. The molecule has 0 aliphatic heterocycles. The Balaban J connectivity index is 2.81. The van der Waals surface area contributed by atoms with Gasteiger partial charge in [0.2, 0.25) is 0 Å². The van der Waals surface area contributed by atoms with Gasteiger partial charge in [-0.1, -0.05) is 26.0 Å². The van der Waals surface area contributed by atoms with E-state index in [0.29, 0.717) is 19.2 Å². The molecule has 0 saturated carbocycles. The van der Waals surface area contributed by atoms with E-state index in [1.807, 2.05) is 19.1 Å². The minimum Gasteiger partial charge on any atom is -0.494 e. The van der Waals surface area contributed by atoms with Gasteiger partial charge in [-0.25, -0.2) is 0 Å². The predicted octanol–water partition coefficient (Wildman–Crippen LogP) is 2.43. The van der Waals surface area contributed by atoms with E-state index in [1.54, 1.807) is 0 Å². The third kappa shape index (κ3) is 3.72. The van der Waals surface area contributed by atoms with Crippen molar-refractivity contribution in [1.82, 2.24) is 4.90 Å². The monoisotopic (exact) mass is 236 g/mol. The summed E-state index contributed by atoms with van der Waals surface area (Å²) in [6.45, 7) is 9.72. The van der Waals surface area contributed by atoms with Crippen LogP contribution in [0.3, 0.4) is 0 Å². The highest BCUT2D eigenvalue weighted by Gasteiger charge is 2.15. The number of benzene rings is 1. The molecule has 17 heavy (non-hydrogen) atoms. The Morgan fingerprint density at radius 3 is 2.12 bits per heavy atom. The number of rotatable bonds is 7. The van der Waals surface area contributed by atoms with Crippen molar-refractivity contribution < 1.29 is 4.74 Å². The molecule has 0 radical (unpaired) electrons. The van der Waals surface area contributed by atoms with Gasteiger partial charge < -0.3 is 10.5 Å². The van der Waals surface area contributed by atoms with E-state index in [-0.39, 0.29) is 0 Å². The predicted molar refractivity (Wildman–Crippen MR) is 72.3 cm³/mol. The summed E-state index contributed by atoms with van der Waals surface area (Å²) in [7, 11) is 0. The van der Waals surface area contributed by atoms with E-state index in [9.17, 15) is 0 Å². The van der Waals surface area contributed by atoms with Crippen LogP contribution in [0.2, 0.25) is 0 Å². The third-order valence-electron chi connectivity index (χ3n) is 3.05. The molecule has 0 heterocycles. The fourth-order valence-electron chi connectivity index (χ4n) is 2.11. The molecule has 2 N–H and O–H groups in total. The van der Waals surface area contributed by atoms with Crippen LogP contribution in [-0.4, -0.2) is 31.1 Å². The first-order chi connectivity index (χ1) is 8.26. The van der Waals surface area contributed by atoms with Crippen LogP contribution in [0.15, 0.2) is 24.3 Å². The smallest absolute Gasteiger partial charge is 0.119 e. The average molecular weight is 236 g/mol. The number of nitrogens with zero attached hydrogens (tertiary/aromatic N) is 1. The second-order valence-corrected chi connectivity index (χ2v) is 3.97. The summed E-state index contributed by atoms with van der Waals surface area (Å²) in [5, 5.41) is 0. The van der Waals surface area contributed by atoms with Gasteiger partial charge in [0.1, 0.15) is 5.75 Å². The van der Waals surface area contributed by atoms with Gasteiger partial charge in [0.05, 0.1) is 6.61 Å². The second-order valence-electron chi connectivity index (χ2n) is 3.97. The van der Waals surface area contributed by atoms with Gasteiger partial charge in [-0.15, -0.1) is 0 Å². The average Bonchev–Trinajstić information content (AvgIpc) is 2.37. The first kappa shape index (κ1) is 14.0. The molecule has 0 spiro atoms. The molecule has 0 aliphatic carbocycles. The molecule has 1 atom stereocenters. The van der Waals surface area contributed by atoms with Crippen LogP contribution < -0.4 is 10.5 Å². The zero-order valence-corrected chi connectivity index (χ0v) is 11.1. The summed E-state index contributed by atoms with van der Waals surface area (Å²) in [6.07, 6.45) is 0. The molecular weight excluding hydrogens is 212 g/mol. The van der Waals surface area contributed by atoms with Crippen LogP contribution in [0.1, 0.15) is 32.4 Å². The Labute approximate surface area is 105 Å². The van der Waals surface area contributed by atoms with Crippen molar-refractivity contribution in [2.45, 2.75) is 26.8 Å². The zero-order valence-electron chi connectivity index (χ0n) is 11.1. The van der Waals surface area contributed by atoms with Crippen LogP contribution >= 0.6 is 0 Å². The molecule has 1 aromatic rings. The maximum atomic E-state index is 5.88. The molecule has 0 unspecified atom stereocenters. The van der Waals surface area contributed by atoms with Gasteiger partial charge in [0, 0.05) is 12.6 Å². The molecule has 0 saturated heterocycles. The van der Waals surface area contributed by atoms with Gasteiger partial charge in [0.25, 0.3) is 0 Å². The first-order valence-corrected chi connectivity index (χ1v) is 6.43. The topological polar surface area (TPSA) is 38.5 Å². The van der Waals surface area contributed by atoms with Gasteiger partial charge >= 0.3 is 0 Å². The van der Waals surface area contributed by atoms with Crippen molar-refractivity contribution in [1.29, 1.82) is 0 Å². The fourth-order valence-corrected chi connectivity index (χ4v) is 2.11. The van der Waals surface area contributed by atoms with Gasteiger partial charge in [-0.05, 0) is 37.7 Å². The number of ether oxygens (including phenoxy) is 1. The highest BCUT2D eigenvalue weighted by atomic mass is 16.5. The van der Waals surface area contributed by atoms with Crippen molar-refractivity contribution in [3.8, 4) is 5.75 Å². The molecule has 0 fully saturated rings. The lowest BCUT2D eigenvalue weighted by Gasteiger charge is -2.29. The summed E-state index contributed by atoms with van der Waals surface area (Å²) >= 11 is 0. The third-order valence-corrected chi connectivity index (χ3v) is 3.05. The van der Waals surface area contributed by atoms with E-state index in [0.717, 1.165) is 18.8 Å². The first-order valence-electron chi connectivity index (χ1n) is 6.43. The van der Waals surface area contributed by atoms with E-state index in [2.05, 4.69) is 30.9 Å². The summed E-state index contributed by atoms with van der Waals surface area (Å²) in [6, 6.07) is 8.57. The largest absolute Gasteiger partial charge is 0.494 e. The molecule has 0 aromatic heterocycles. The van der Waals surface area contributed by atoms with Crippen LogP contribution in [0.25, 0.3) is 0 Å². The lowest BCUT2D eigenvalue weighted by atomic mass is 10.1. The van der Waals surface area contributed by atoms with Gasteiger partial charge in [-0.2, -0.15) is 0 Å². The minimum absolute atomic E-state index is 0.306. The van der Waals surface area contributed by atoms with Crippen molar-refractivity contribution >= 4 is 0 Å². The number of nitrogens with two attached hydrogens (primary N) is 1.